The number of piperidine rings is 1. The van der Waals surface area contributed by atoms with E-state index in [1.165, 1.54) is 25.7 Å². The molecule has 2 aromatic rings. The second-order valence-corrected chi connectivity index (χ2v) is 8.77. The number of nitrogens with zero attached hydrogens (tertiary/aromatic N) is 2. The zero-order valence-electron chi connectivity index (χ0n) is 18.4. The maximum Gasteiger partial charge on any atom is 0.254 e. The van der Waals surface area contributed by atoms with E-state index in [9.17, 15) is 4.79 Å². The molecule has 31 heavy (non-hydrogen) atoms. The summed E-state index contributed by atoms with van der Waals surface area (Å²) < 4.78 is 0. The highest BCUT2D eigenvalue weighted by molar-refractivity contribution is 5.96. The van der Waals surface area contributed by atoms with Gasteiger partial charge in [-0.15, -0.1) is 0 Å². The lowest BCUT2D eigenvalue weighted by Crippen LogP contribution is -2.49. The summed E-state index contributed by atoms with van der Waals surface area (Å²) in [5, 5.41) is 12.3. The molecule has 1 aliphatic carbocycles. The maximum absolute atomic E-state index is 13.5. The number of nitrogens with one attached hydrogen (secondary N) is 1. The normalized spacial score (nSPS) is 20.5. The third-order valence-electron chi connectivity index (χ3n) is 6.88. The standard InChI is InChI=1S/C27H31N3O/c1-3-21-17-24(29-19(2)22-12-10-20(18-28)11-13-22)14-15-25(21)27(31)30-16-6-8-23-7-4-5-9-26(23)30/h10-15,17,23,26,29H,2-9,16H2,1H3. The van der Waals surface area contributed by atoms with Crippen LogP contribution in [0.15, 0.2) is 49.0 Å². The van der Waals surface area contributed by atoms with Gasteiger partial charge in [-0.2, -0.15) is 5.26 Å². The number of carbonyl (C=O) groups is 1. The first kappa shape index (κ1) is 21.2. The van der Waals surface area contributed by atoms with Gasteiger partial charge in [0.25, 0.3) is 5.91 Å². The number of likely N-dealkylation sites (tertiary alicyclic amines) is 1. The van der Waals surface area contributed by atoms with Crippen molar-refractivity contribution >= 4 is 17.3 Å². The molecule has 160 valence electrons. The van der Waals surface area contributed by atoms with Crippen molar-refractivity contribution in [1.82, 2.24) is 4.90 Å². The molecule has 2 atom stereocenters. The fraction of sp³-hybridized carbons (Fsp3) is 0.407. The Labute approximate surface area is 185 Å². The van der Waals surface area contributed by atoms with Gasteiger partial charge in [0.05, 0.1) is 11.6 Å². The van der Waals surface area contributed by atoms with E-state index in [2.05, 4.69) is 35.9 Å². The Morgan fingerprint density at radius 1 is 1.13 bits per heavy atom. The number of hydrogen-bond donors (Lipinski definition) is 1. The monoisotopic (exact) mass is 413 g/mol. The van der Waals surface area contributed by atoms with Gasteiger partial charge in [-0.25, -0.2) is 0 Å². The Morgan fingerprint density at radius 2 is 1.87 bits per heavy atom. The fourth-order valence-corrected chi connectivity index (χ4v) is 5.20. The molecule has 4 nitrogen and oxygen atoms in total. The minimum absolute atomic E-state index is 0.200. The summed E-state index contributed by atoms with van der Waals surface area (Å²) in [6.45, 7) is 7.13. The average Bonchev–Trinajstić information content (AvgIpc) is 2.83. The Hall–Kier alpha value is -3.06. The topological polar surface area (TPSA) is 56.1 Å². The minimum atomic E-state index is 0.200. The summed E-state index contributed by atoms with van der Waals surface area (Å²) in [6.07, 6.45) is 8.19. The molecule has 2 unspecified atom stereocenters. The van der Waals surface area contributed by atoms with Crippen LogP contribution < -0.4 is 5.32 Å². The molecule has 1 saturated carbocycles. The molecule has 4 heteroatoms. The number of amides is 1. The van der Waals surface area contributed by atoms with Gasteiger partial charge in [0, 0.05) is 29.5 Å². The van der Waals surface area contributed by atoms with Crippen molar-refractivity contribution in [3.8, 4) is 6.07 Å². The van der Waals surface area contributed by atoms with E-state index >= 15 is 0 Å². The first-order chi connectivity index (χ1) is 15.1. The summed E-state index contributed by atoms with van der Waals surface area (Å²) in [6, 6.07) is 15.9. The number of rotatable bonds is 5. The predicted molar refractivity (Wildman–Crippen MR) is 126 cm³/mol. The van der Waals surface area contributed by atoms with Crippen molar-refractivity contribution in [2.45, 2.75) is 57.9 Å². The summed E-state index contributed by atoms with van der Waals surface area (Å²) in [5.41, 5.74) is 5.17. The van der Waals surface area contributed by atoms with Crippen molar-refractivity contribution in [3.63, 3.8) is 0 Å². The number of nitriles is 1. The van der Waals surface area contributed by atoms with Crippen LogP contribution in [0.3, 0.4) is 0 Å². The number of anilines is 1. The van der Waals surface area contributed by atoms with E-state index in [0.29, 0.717) is 17.5 Å². The van der Waals surface area contributed by atoms with Gasteiger partial charge >= 0.3 is 0 Å². The zero-order valence-corrected chi connectivity index (χ0v) is 18.4. The van der Waals surface area contributed by atoms with Gasteiger partial charge in [0.1, 0.15) is 0 Å². The van der Waals surface area contributed by atoms with Gasteiger partial charge in [-0.05, 0) is 79.5 Å². The van der Waals surface area contributed by atoms with Crippen LogP contribution in [0.4, 0.5) is 5.69 Å². The highest BCUT2D eigenvalue weighted by Gasteiger charge is 2.36. The van der Waals surface area contributed by atoms with Gasteiger partial charge in [0.15, 0.2) is 0 Å². The molecule has 1 aliphatic heterocycles. The lowest BCUT2D eigenvalue weighted by molar-refractivity contribution is 0.0390. The molecule has 0 aromatic heterocycles. The van der Waals surface area contributed by atoms with Gasteiger partial charge in [-0.1, -0.05) is 38.5 Å². The second-order valence-electron chi connectivity index (χ2n) is 8.77. The third-order valence-corrected chi connectivity index (χ3v) is 6.88. The number of carbonyl (C=O) groups excluding carboxylic acids is 1. The van der Waals surface area contributed by atoms with E-state index in [0.717, 1.165) is 53.9 Å². The van der Waals surface area contributed by atoms with Crippen LogP contribution >= 0.6 is 0 Å². The molecule has 0 spiro atoms. The van der Waals surface area contributed by atoms with Crippen LogP contribution in [0, 0.1) is 17.2 Å². The Kier molecular flexibility index (Phi) is 6.42. The third kappa shape index (κ3) is 4.51. The van der Waals surface area contributed by atoms with E-state index in [1.54, 1.807) is 12.1 Å². The minimum Gasteiger partial charge on any atom is -0.356 e. The highest BCUT2D eigenvalue weighted by Crippen LogP contribution is 2.36. The molecule has 2 aromatic carbocycles. The first-order valence-corrected chi connectivity index (χ1v) is 11.5. The van der Waals surface area contributed by atoms with Crippen molar-refractivity contribution < 1.29 is 4.79 Å². The molecule has 0 bridgehead atoms. The van der Waals surface area contributed by atoms with Gasteiger partial charge < -0.3 is 10.2 Å². The van der Waals surface area contributed by atoms with Crippen LogP contribution in [0.1, 0.15) is 72.5 Å². The van der Waals surface area contributed by atoms with Gasteiger partial charge in [-0.3, -0.25) is 4.79 Å². The molecule has 2 fully saturated rings. The molecule has 4 rings (SSSR count). The van der Waals surface area contributed by atoms with E-state index in [1.807, 2.05) is 24.3 Å². The van der Waals surface area contributed by atoms with E-state index in [4.69, 9.17) is 5.26 Å². The molecular weight excluding hydrogens is 382 g/mol. The van der Waals surface area contributed by atoms with Crippen LogP contribution in [0.25, 0.3) is 5.70 Å². The summed E-state index contributed by atoms with van der Waals surface area (Å²) in [7, 11) is 0. The van der Waals surface area contributed by atoms with Gasteiger partial charge in [0.2, 0.25) is 0 Å². The summed E-state index contributed by atoms with van der Waals surface area (Å²) in [4.78, 5) is 15.7. The molecule has 1 amide bonds. The smallest absolute Gasteiger partial charge is 0.254 e. The molecule has 1 heterocycles. The number of benzene rings is 2. The SMILES string of the molecule is C=C(Nc1ccc(C(=O)N2CCCC3CCCCC32)c(CC)c1)c1ccc(C#N)cc1. The van der Waals surface area contributed by atoms with Crippen LogP contribution in [0.2, 0.25) is 0 Å². The lowest BCUT2D eigenvalue weighted by Gasteiger charge is -2.44. The van der Waals surface area contributed by atoms with E-state index < -0.39 is 0 Å². The molecule has 1 N–H and O–H groups in total. The van der Waals surface area contributed by atoms with Crippen molar-refractivity contribution in [3.05, 3.63) is 71.3 Å². The summed E-state index contributed by atoms with van der Waals surface area (Å²) >= 11 is 0. The molecule has 0 radical (unpaired) electrons. The zero-order chi connectivity index (χ0) is 21.8. The molecule has 1 saturated heterocycles. The Morgan fingerprint density at radius 3 is 2.61 bits per heavy atom. The quantitative estimate of drug-likeness (QED) is 0.654. The first-order valence-electron chi connectivity index (χ1n) is 11.5. The van der Waals surface area contributed by atoms with Crippen LogP contribution in [-0.2, 0) is 6.42 Å². The van der Waals surface area contributed by atoms with Crippen LogP contribution in [-0.4, -0.2) is 23.4 Å². The largest absolute Gasteiger partial charge is 0.356 e. The fourth-order valence-electron chi connectivity index (χ4n) is 5.20. The maximum atomic E-state index is 13.5. The van der Waals surface area contributed by atoms with Crippen molar-refractivity contribution in [2.75, 3.05) is 11.9 Å². The van der Waals surface area contributed by atoms with Crippen LogP contribution in [0.5, 0.6) is 0 Å². The number of aryl methyl sites for hydroxylation is 1. The predicted octanol–water partition coefficient (Wildman–Crippen LogP) is 6.00. The highest BCUT2D eigenvalue weighted by atomic mass is 16.2. The van der Waals surface area contributed by atoms with E-state index in [-0.39, 0.29) is 5.91 Å². The number of fused-ring (bicyclic) bond motifs is 1. The second kappa shape index (κ2) is 9.39. The number of hydrogen-bond acceptors (Lipinski definition) is 3. The molecule has 2 aliphatic rings. The Balaban J connectivity index is 1.51. The van der Waals surface area contributed by atoms with Crippen molar-refractivity contribution in [2.24, 2.45) is 5.92 Å². The Bertz CT molecular complexity index is 1000. The molecular formula is C27H31N3O. The summed E-state index contributed by atoms with van der Waals surface area (Å²) in [5.74, 6) is 0.888. The lowest BCUT2D eigenvalue weighted by atomic mass is 9.78. The average molecular weight is 414 g/mol. The van der Waals surface area contributed by atoms with Crippen molar-refractivity contribution in [1.29, 1.82) is 5.26 Å².